The molecule has 2 aromatic heterocycles. The molecule has 0 bridgehead atoms. The first-order valence-electron chi connectivity index (χ1n) is 17.8. The molecular formula is C37H46N10O3. The lowest BCUT2D eigenvalue weighted by Gasteiger charge is -2.29. The Bertz CT molecular complexity index is 1760. The van der Waals surface area contributed by atoms with Crippen LogP contribution >= 0.6 is 0 Å². The number of unbranched alkanes of at least 4 members (excludes halogenated alkanes) is 3. The molecular weight excluding hydrogens is 632 g/mol. The highest BCUT2D eigenvalue weighted by Gasteiger charge is 2.23. The SMILES string of the molecule is CC1CCCCC1Nc1nc(NCCCCCCNc2ccc([N+](=O)[O-])c3nonc23)nc(NCCC(c2ccccc2)c2ccccc2)n1. The fourth-order valence-corrected chi connectivity index (χ4v) is 6.69. The molecule has 1 saturated carbocycles. The summed E-state index contributed by atoms with van der Waals surface area (Å²) in [7, 11) is 0. The van der Waals surface area contributed by atoms with E-state index in [0.29, 0.717) is 54.1 Å². The molecule has 0 saturated heterocycles. The summed E-state index contributed by atoms with van der Waals surface area (Å²) in [4.78, 5) is 25.1. The number of rotatable bonds is 18. The van der Waals surface area contributed by atoms with Crippen molar-refractivity contribution in [3.05, 3.63) is 94.0 Å². The Morgan fingerprint density at radius 3 is 2.00 bits per heavy atom. The molecule has 50 heavy (non-hydrogen) atoms. The van der Waals surface area contributed by atoms with Crippen LogP contribution in [0.15, 0.2) is 77.4 Å². The van der Waals surface area contributed by atoms with Gasteiger partial charge in [0.1, 0.15) is 0 Å². The second-order valence-corrected chi connectivity index (χ2v) is 13.0. The summed E-state index contributed by atoms with van der Waals surface area (Å²) < 4.78 is 4.75. The lowest BCUT2D eigenvalue weighted by atomic mass is 9.86. The minimum Gasteiger partial charge on any atom is -0.383 e. The molecule has 0 amide bonds. The van der Waals surface area contributed by atoms with Crippen LogP contribution in [0.1, 0.15) is 81.8 Å². The maximum atomic E-state index is 11.2. The van der Waals surface area contributed by atoms with E-state index >= 15 is 0 Å². The Hall–Kier alpha value is -5.33. The van der Waals surface area contributed by atoms with Gasteiger partial charge in [-0.15, -0.1) is 0 Å². The molecule has 13 heteroatoms. The maximum Gasteiger partial charge on any atom is 0.300 e. The van der Waals surface area contributed by atoms with Gasteiger partial charge in [-0.1, -0.05) is 93.3 Å². The van der Waals surface area contributed by atoms with Crippen molar-refractivity contribution in [2.75, 3.05) is 40.9 Å². The number of hydrogen-bond acceptors (Lipinski definition) is 12. The van der Waals surface area contributed by atoms with Crippen LogP contribution in [0.5, 0.6) is 0 Å². The fraction of sp³-hybridized carbons (Fsp3) is 0.432. The number of hydrogen-bond donors (Lipinski definition) is 4. The number of nitro groups is 1. The van der Waals surface area contributed by atoms with Crippen molar-refractivity contribution < 1.29 is 9.55 Å². The van der Waals surface area contributed by atoms with Crippen LogP contribution in [0, 0.1) is 16.0 Å². The highest BCUT2D eigenvalue weighted by atomic mass is 16.6. The molecule has 1 fully saturated rings. The molecule has 0 radical (unpaired) electrons. The van der Waals surface area contributed by atoms with Gasteiger partial charge in [0.05, 0.1) is 10.6 Å². The van der Waals surface area contributed by atoms with Gasteiger partial charge in [0.2, 0.25) is 23.4 Å². The van der Waals surface area contributed by atoms with Crippen LogP contribution in [0.2, 0.25) is 0 Å². The van der Waals surface area contributed by atoms with Crippen LogP contribution in [0.25, 0.3) is 11.0 Å². The van der Waals surface area contributed by atoms with Crippen LogP contribution in [0.4, 0.5) is 29.2 Å². The molecule has 3 aromatic carbocycles. The molecule has 2 unspecified atom stereocenters. The van der Waals surface area contributed by atoms with Crippen LogP contribution in [0.3, 0.4) is 0 Å². The molecule has 2 atom stereocenters. The van der Waals surface area contributed by atoms with E-state index in [1.807, 2.05) is 0 Å². The van der Waals surface area contributed by atoms with Crippen molar-refractivity contribution in [3.63, 3.8) is 0 Å². The van der Waals surface area contributed by atoms with Crippen molar-refractivity contribution in [2.24, 2.45) is 5.92 Å². The molecule has 2 heterocycles. The highest BCUT2D eigenvalue weighted by molar-refractivity contribution is 5.93. The largest absolute Gasteiger partial charge is 0.383 e. The Balaban J connectivity index is 1.01. The number of nitro benzene ring substituents is 1. The minimum absolute atomic E-state index is 0.119. The van der Waals surface area contributed by atoms with Gasteiger partial charge in [-0.3, -0.25) is 10.1 Å². The number of nitrogens with one attached hydrogen (secondary N) is 4. The molecule has 6 rings (SSSR count). The third-order valence-electron chi connectivity index (χ3n) is 9.47. The van der Waals surface area contributed by atoms with Gasteiger partial charge >= 0.3 is 5.69 Å². The van der Waals surface area contributed by atoms with Crippen molar-refractivity contribution >= 4 is 40.3 Å². The molecule has 0 spiro atoms. The average Bonchev–Trinajstić information content (AvgIpc) is 3.63. The second-order valence-electron chi connectivity index (χ2n) is 13.0. The van der Waals surface area contributed by atoms with Crippen LogP contribution < -0.4 is 21.3 Å². The zero-order valence-corrected chi connectivity index (χ0v) is 28.6. The first-order valence-corrected chi connectivity index (χ1v) is 17.8. The summed E-state index contributed by atoms with van der Waals surface area (Å²) in [5, 5.41) is 32.6. The van der Waals surface area contributed by atoms with E-state index < -0.39 is 4.92 Å². The molecule has 1 aliphatic carbocycles. The van der Waals surface area contributed by atoms with Crippen molar-refractivity contribution in [2.45, 2.75) is 76.7 Å². The molecule has 0 aliphatic heterocycles. The summed E-state index contributed by atoms with van der Waals surface area (Å²) in [6, 6.07) is 24.7. The van der Waals surface area contributed by atoms with Crippen LogP contribution in [-0.2, 0) is 0 Å². The predicted octanol–water partition coefficient (Wildman–Crippen LogP) is 8.03. The van der Waals surface area contributed by atoms with Crippen molar-refractivity contribution in [1.29, 1.82) is 0 Å². The number of benzene rings is 3. The first-order chi connectivity index (χ1) is 24.5. The topological polar surface area (TPSA) is 169 Å². The van der Waals surface area contributed by atoms with Gasteiger partial charge < -0.3 is 21.3 Å². The van der Waals surface area contributed by atoms with Gasteiger partial charge in [-0.05, 0) is 65.5 Å². The minimum atomic E-state index is -0.484. The number of non-ortho nitro benzene ring substituents is 1. The summed E-state index contributed by atoms with van der Waals surface area (Å²) in [5.41, 5.74) is 3.66. The van der Waals surface area contributed by atoms with E-state index in [-0.39, 0.29) is 17.1 Å². The lowest BCUT2D eigenvalue weighted by Crippen LogP contribution is -2.31. The quantitative estimate of drug-likeness (QED) is 0.0400. The van der Waals surface area contributed by atoms with Gasteiger partial charge in [0.25, 0.3) is 0 Å². The third kappa shape index (κ3) is 9.21. The molecule has 4 N–H and O–H groups in total. The van der Waals surface area contributed by atoms with E-state index in [4.69, 9.17) is 19.6 Å². The number of nitrogens with zero attached hydrogens (tertiary/aromatic N) is 6. The maximum absolute atomic E-state index is 11.2. The zero-order chi connectivity index (χ0) is 34.5. The van der Waals surface area contributed by atoms with E-state index in [0.717, 1.165) is 45.1 Å². The monoisotopic (exact) mass is 678 g/mol. The zero-order valence-electron chi connectivity index (χ0n) is 28.6. The predicted molar refractivity (Wildman–Crippen MR) is 197 cm³/mol. The van der Waals surface area contributed by atoms with Crippen molar-refractivity contribution in [1.82, 2.24) is 25.3 Å². The van der Waals surface area contributed by atoms with E-state index in [1.165, 1.54) is 36.5 Å². The normalized spacial score (nSPS) is 16.0. The summed E-state index contributed by atoms with van der Waals surface area (Å²) in [6.45, 7) is 4.47. The summed E-state index contributed by atoms with van der Waals surface area (Å²) in [6.07, 6.45) is 9.65. The van der Waals surface area contributed by atoms with Crippen molar-refractivity contribution in [3.8, 4) is 0 Å². The van der Waals surface area contributed by atoms with E-state index in [2.05, 4.69) is 99.2 Å². The lowest BCUT2D eigenvalue weighted by molar-refractivity contribution is -0.383. The van der Waals surface area contributed by atoms with Gasteiger partial charge in [-0.2, -0.15) is 15.0 Å². The highest BCUT2D eigenvalue weighted by Crippen LogP contribution is 2.30. The Kier molecular flexibility index (Phi) is 12.0. The number of anilines is 4. The Morgan fingerprint density at radius 2 is 1.34 bits per heavy atom. The third-order valence-corrected chi connectivity index (χ3v) is 9.47. The number of aromatic nitrogens is 5. The van der Waals surface area contributed by atoms with E-state index in [1.54, 1.807) is 6.07 Å². The first kappa shape index (κ1) is 34.5. The molecule has 262 valence electrons. The fourth-order valence-electron chi connectivity index (χ4n) is 6.69. The summed E-state index contributed by atoms with van der Waals surface area (Å²) >= 11 is 0. The summed E-state index contributed by atoms with van der Waals surface area (Å²) in [5.74, 6) is 2.58. The molecule has 13 nitrogen and oxygen atoms in total. The van der Waals surface area contributed by atoms with Gasteiger partial charge in [0, 0.05) is 37.7 Å². The van der Waals surface area contributed by atoms with Gasteiger partial charge in [0.15, 0.2) is 5.52 Å². The smallest absolute Gasteiger partial charge is 0.300 e. The Labute approximate surface area is 292 Å². The average molecular weight is 679 g/mol. The van der Waals surface area contributed by atoms with Crippen LogP contribution in [-0.4, -0.2) is 55.9 Å². The van der Waals surface area contributed by atoms with E-state index in [9.17, 15) is 10.1 Å². The standard InChI is InChI=1S/C37H46N10O3/c1-26-14-10-11-19-30(26)41-37-43-35(39-24-13-3-2-12-23-38-31-20-21-32(47(48)49)34-33(31)45-50-46-34)42-36(44-37)40-25-22-29(27-15-6-4-7-16-27)28-17-8-5-9-18-28/h4-9,15-18,20-21,26,29-30,38H,2-3,10-14,19,22-25H2,1H3,(H3,39,40,41,42,43,44). The second kappa shape index (κ2) is 17.4. The Morgan fingerprint density at radius 1 is 0.740 bits per heavy atom. The molecule has 5 aromatic rings. The molecule has 1 aliphatic rings. The number of fused-ring (bicyclic) bond motifs is 1. The van der Waals surface area contributed by atoms with Gasteiger partial charge in [-0.25, -0.2) is 4.63 Å².